The molecule has 1 aliphatic heterocycles. The Morgan fingerprint density at radius 3 is 3.00 bits per heavy atom. The summed E-state index contributed by atoms with van der Waals surface area (Å²) in [4.78, 5) is 29.8. The molecule has 0 bridgehead atoms. The van der Waals surface area contributed by atoms with Crippen molar-refractivity contribution in [3.8, 4) is 0 Å². The van der Waals surface area contributed by atoms with Crippen molar-refractivity contribution in [3.63, 3.8) is 0 Å². The molecule has 2 heterocycles. The Bertz CT molecular complexity index is 787. The van der Waals surface area contributed by atoms with Crippen LogP contribution in [0.25, 0.3) is 10.9 Å². The van der Waals surface area contributed by atoms with E-state index in [0.717, 1.165) is 6.42 Å². The van der Waals surface area contributed by atoms with Crippen molar-refractivity contribution in [3.05, 3.63) is 45.2 Å². The highest BCUT2D eigenvalue weighted by Crippen LogP contribution is 2.25. The highest BCUT2D eigenvalue weighted by Gasteiger charge is 2.35. The number of aliphatic hydroxyl groups excluding tert-OH is 1. The number of hydrogen-bond donors (Lipinski definition) is 2. The molecule has 0 unspecified atom stereocenters. The summed E-state index contributed by atoms with van der Waals surface area (Å²) in [6.45, 7) is 2.46. The number of aliphatic hydroxyl groups is 1. The number of hydrogen-bond acceptors (Lipinski definition) is 3. The number of H-pyrrole nitrogens is 1. The largest absolute Gasteiger partial charge is 0.394 e. The lowest BCUT2D eigenvalue weighted by atomic mass is 10.0. The predicted molar refractivity (Wildman–Crippen MR) is 85.3 cm³/mol. The second-order valence-electron chi connectivity index (χ2n) is 5.71. The van der Waals surface area contributed by atoms with Crippen LogP contribution in [-0.2, 0) is 0 Å². The van der Waals surface area contributed by atoms with E-state index in [2.05, 4.69) is 4.98 Å². The van der Waals surface area contributed by atoms with Gasteiger partial charge >= 0.3 is 0 Å². The van der Waals surface area contributed by atoms with Gasteiger partial charge in [0.25, 0.3) is 5.91 Å². The Balaban J connectivity index is 2.06. The minimum absolute atomic E-state index is 0.0855. The molecular weight excluding hydrogens is 304 g/mol. The summed E-state index contributed by atoms with van der Waals surface area (Å²) in [5.41, 5.74) is 0.277. The first-order valence-corrected chi connectivity index (χ1v) is 7.64. The molecule has 2 aromatic rings. The summed E-state index contributed by atoms with van der Waals surface area (Å²) in [6, 6.07) is 4.78. The van der Waals surface area contributed by atoms with Gasteiger partial charge in [-0.2, -0.15) is 0 Å². The van der Waals surface area contributed by atoms with Gasteiger partial charge in [0.15, 0.2) is 0 Å². The Hall–Kier alpha value is -1.85. The molecule has 22 heavy (non-hydrogen) atoms. The molecule has 1 aliphatic rings. The van der Waals surface area contributed by atoms with E-state index < -0.39 is 0 Å². The first-order chi connectivity index (χ1) is 10.5. The molecule has 1 fully saturated rings. The van der Waals surface area contributed by atoms with E-state index in [4.69, 9.17) is 11.6 Å². The number of amides is 1. The Labute approximate surface area is 132 Å². The number of likely N-dealkylation sites (tertiary alicyclic amines) is 1. The summed E-state index contributed by atoms with van der Waals surface area (Å²) < 4.78 is 0. The second kappa shape index (κ2) is 5.74. The van der Waals surface area contributed by atoms with Crippen molar-refractivity contribution in [2.75, 3.05) is 13.2 Å². The van der Waals surface area contributed by atoms with Crippen LogP contribution in [0.4, 0.5) is 0 Å². The summed E-state index contributed by atoms with van der Waals surface area (Å²) >= 11 is 6.05. The quantitative estimate of drug-likeness (QED) is 0.889. The lowest BCUT2D eigenvalue weighted by Gasteiger charge is -2.25. The van der Waals surface area contributed by atoms with Crippen molar-refractivity contribution in [1.29, 1.82) is 0 Å². The van der Waals surface area contributed by atoms with E-state index in [1.807, 2.05) is 6.92 Å². The number of halogens is 1. The first-order valence-electron chi connectivity index (χ1n) is 7.26. The fourth-order valence-corrected chi connectivity index (χ4v) is 3.30. The molecule has 1 amide bonds. The van der Waals surface area contributed by atoms with Crippen molar-refractivity contribution in [1.82, 2.24) is 9.88 Å². The van der Waals surface area contributed by atoms with Gasteiger partial charge in [-0.3, -0.25) is 9.59 Å². The molecule has 2 N–H and O–H groups in total. The summed E-state index contributed by atoms with van der Waals surface area (Å²) in [5.74, 6) is -0.116. The molecule has 5 nitrogen and oxygen atoms in total. The third kappa shape index (κ3) is 2.30. The highest BCUT2D eigenvalue weighted by molar-refractivity contribution is 6.35. The fourth-order valence-electron chi connectivity index (χ4n) is 3.07. The fraction of sp³-hybridized carbons (Fsp3) is 0.375. The molecule has 6 heteroatoms. The molecule has 116 valence electrons. The number of nitrogens with one attached hydrogen (secondary N) is 1. The first kappa shape index (κ1) is 15.1. The maximum atomic E-state index is 12.7. The average Bonchev–Trinajstić information content (AvgIpc) is 2.88. The SMILES string of the molecule is C[C@@H]1CCN(C(=O)c2c[nH]c3c(Cl)cccc3c2=O)[C@H]1CO. The standard InChI is InChI=1S/C16H17ClN2O3/c1-9-5-6-19(13(9)8-20)16(22)11-7-18-14-10(15(11)21)3-2-4-12(14)17/h2-4,7,9,13,20H,5-6,8H2,1H3,(H,18,21)/t9-,13+/m1/s1. The van der Waals surface area contributed by atoms with Crippen molar-refractivity contribution >= 4 is 28.4 Å². The maximum Gasteiger partial charge on any atom is 0.259 e. The Kier molecular flexibility index (Phi) is 3.93. The molecule has 0 aliphatic carbocycles. The van der Waals surface area contributed by atoms with Crippen molar-refractivity contribution in [2.45, 2.75) is 19.4 Å². The van der Waals surface area contributed by atoms with E-state index in [-0.39, 0.29) is 35.5 Å². The average molecular weight is 321 g/mol. The molecule has 0 spiro atoms. The van der Waals surface area contributed by atoms with Crippen LogP contribution in [0.5, 0.6) is 0 Å². The normalized spacial score (nSPS) is 21.5. The lowest BCUT2D eigenvalue weighted by molar-refractivity contribution is 0.0647. The number of aromatic amines is 1. The van der Waals surface area contributed by atoms with Crippen LogP contribution < -0.4 is 5.43 Å². The third-order valence-corrected chi connectivity index (χ3v) is 4.74. The molecule has 1 aromatic carbocycles. The van der Waals surface area contributed by atoms with E-state index >= 15 is 0 Å². The van der Waals surface area contributed by atoms with Crippen LogP contribution in [0.15, 0.2) is 29.2 Å². The van der Waals surface area contributed by atoms with Gasteiger partial charge < -0.3 is 15.0 Å². The maximum absolute atomic E-state index is 12.7. The third-order valence-electron chi connectivity index (χ3n) is 4.42. The van der Waals surface area contributed by atoms with Crippen LogP contribution in [-0.4, -0.2) is 40.1 Å². The van der Waals surface area contributed by atoms with Crippen LogP contribution >= 0.6 is 11.6 Å². The Morgan fingerprint density at radius 2 is 2.27 bits per heavy atom. The number of carbonyl (C=O) groups is 1. The number of aromatic nitrogens is 1. The van der Waals surface area contributed by atoms with Crippen LogP contribution in [0.1, 0.15) is 23.7 Å². The Morgan fingerprint density at radius 1 is 1.50 bits per heavy atom. The lowest BCUT2D eigenvalue weighted by Crippen LogP contribution is -2.41. The van der Waals surface area contributed by atoms with Gasteiger partial charge in [-0.15, -0.1) is 0 Å². The van der Waals surface area contributed by atoms with E-state index in [9.17, 15) is 14.7 Å². The number of benzene rings is 1. The summed E-state index contributed by atoms with van der Waals surface area (Å²) in [6.07, 6.45) is 2.24. The van der Waals surface area contributed by atoms with Crippen LogP contribution in [0.3, 0.4) is 0 Å². The highest BCUT2D eigenvalue weighted by atomic mass is 35.5. The van der Waals surface area contributed by atoms with Gasteiger partial charge in [-0.1, -0.05) is 24.6 Å². The van der Waals surface area contributed by atoms with Crippen LogP contribution in [0, 0.1) is 5.92 Å². The van der Waals surface area contributed by atoms with Crippen LogP contribution in [0.2, 0.25) is 5.02 Å². The van der Waals surface area contributed by atoms with Gasteiger partial charge in [0, 0.05) is 18.1 Å². The minimum Gasteiger partial charge on any atom is -0.394 e. The number of fused-ring (bicyclic) bond motifs is 1. The molecule has 0 radical (unpaired) electrons. The number of pyridine rings is 1. The molecule has 0 saturated carbocycles. The zero-order valence-corrected chi connectivity index (χ0v) is 12.9. The number of carbonyl (C=O) groups excluding carboxylic acids is 1. The minimum atomic E-state index is -0.341. The van der Waals surface area contributed by atoms with Gasteiger partial charge in [0.1, 0.15) is 5.56 Å². The number of nitrogens with zero attached hydrogens (tertiary/aromatic N) is 1. The van der Waals surface area contributed by atoms with Crippen molar-refractivity contribution < 1.29 is 9.90 Å². The molecular formula is C16H17ClN2O3. The van der Waals surface area contributed by atoms with E-state index in [1.165, 1.54) is 6.20 Å². The molecule has 1 saturated heterocycles. The zero-order valence-electron chi connectivity index (χ0n) is 12.2. The topological polar surface area (TPSA) is 73.4 Å². The predicted octanol–water partition coefficient (Wildman–Crippen LogP) is 2.02. The van der Waals surface area contributed by atoms with Gasteiger partial charge in [-0.25, -0.2) is 0 Å². The summed E-state index contributed by atoms with van der Waals surface area (Å²) in [7, 11) is 0. The van der Waals surface area contributed by atoms with E-state index in [1.54, 1.807) is 23.1 Å². The second-order valence-corrected chi connectivity index (χ2v) is 6.12. The number of para-hydroxylation sites is 1. The van der Waals surface area contributed by atoms with Crippen molar-refractivity contribution in [2.24, 2.45) is 5.92 Å². The number of rotatable bonds is 2. The summed E-state index contributed by atoms with van der Waals surface area (Å²) in [5, 5.41) is 10.3. The monoisotopic (exact) mass is 320 g/mol. The van der Waals surface area contributed by atoms with Gasteiger partial charge in [0.05, 0.1) is 23.2 Å². The van der Waals surface area contributed by atoms with Gasteiger partial charge in [0.2, 0.25) is 5.43 Å². The van der Waals surface area contributed by atoms with E-state index in [0.29, 0.717) is 22.5 Å². The smallest absolute Gasteiger partial charge is 0.259 e. The molecule has 1 aromatic heterocycles. The zero-order chi connectivity index (χ0) is 15.9. The molecule has 3 rings (SSSR count). The van der Waals surface area contributed by atoms with Gasteiger partial charge in [-0.05, 0) is 24.5 Å². The molecule has 2 atom stereocenters.